The molecule has 1 saturated heterocycles. The SMILES string of the molecule is Cl.Cl.Cn1nnc2c(C#N)nc(-c3ccc(OCCCN4CCN(CCO)CC4)c(C(F)(F)F)c3)cc21. The average molecular weight is 562 g/mol. The zero-order valence-electron chi connectivity index (χ0n) is 20.1. The lowest BCUT2D eigenvalue weighted by molar-refractivity contribution is -0.138. The van der Waals surface area contributed by atoms with E-state index in [-0.39, 0.29) is 60.7 Å². The highest BCUT2D eigenvalue weighted by Crippen LogP contribution is 2.39. The summed E-state index contributed by atoms with van der Waals surface area (Å²) in [5.74, 6) is -0.238. The van der Waals surface area contributed by atoms with Crippen LogP contribution in [0, 0.1) is 11.3 Å². The Morgan fingerprint density at radius 2 is 1.76 bits per heavy atom. The second-order valence-electron chi connectivity index (χ2n) is 8.37. The van der Waals surface area contributed by atoms with Crippen LogP contribution in [-0.4, -0.2) is 87.4 Å². The van der Waals surface area contributed by atoms with E-state index in [9.17, 15) is 18.4 Å². The third kappa shape index (κ3) is 7.21. The van der Waals surface area contributed by atoms with Gasteiger partial charge in [0.2, 0.25) is 0 Å². The molecule has 0 saturated carbocycles. The van der Waals surface area contributed by atoms with E-state index in [0.717, 1.165) is 38.8 Å². The van der Waals surface area contributed by atoms with Crippen molar-refractivity contribution >= 4 is 35.8 Å². The van der Waals surface area contributed by atoms with E-state index in [2.05, 4.69) is 25.1 Å². The molecule has 3 heterocycles. The summed E-state index contributed by atoms with van der Waals surface area (Å²) in [5.41, 5.74) is 0.330. The Morgan fingerprint density at radius 1 is 1.08 bits per heavy atom. The third-order valence-electron chi connectivity index (χ3n) is 6.04. The van der Waals surface area contributed by atoms with Gasteiger partial charge in [-0.25, -0.2) is 9.67 Å². The lowest BCUT2D eigenvalue weighted by Gasteiger charge is -2.34. The number of nitriles is 1. The number of nitrogens with zero attached hydrogens (tertiary/aromatic N) is 7. The molecule has 2 aromatic heterocycles. The monoisotopic (exact) mass is 561 g/mol. The molecule has 0 bridgehead atoms. The Bertz CT molecular complexity index is 1230. The van der Waals surface area contributed by atoms with Crippen LogP contribution >= 0.6 is 24.8 Å². The number of hydrogen-bond acceptors (Lipinski definition) is 8. The van der Waals surface area contributed by atoms with E-state index in [1.54, 1.807) is 13.1 Å². The number of benzene rings is 1. The predicted molar refractivity (Wildman–Crippen MR) is 136 cm³/mol. The molecule has 0 unspecified atom stereocenters. The quantitative estimate of drug-likeness (QED) is 0.418. The van der Waals surface area contributed by atoms with Crippen LogP contribution in [-0.2, 0) is 13.2 Å². The van der Waals surface area contributed by atoms with E-state index in [1.165, 1.54) is 16.8 Å². The van der Waals surface area contributed by atoms with Gasteiger partial charge < -0.3 is 14.7 Å². The van der Waals surface area contributed by atoms with Crippen molar-refractivity contribution in [1.29, 1.82) is 5.26 Å². The lowest BCUT2D eigenvalue weighted by Crippen LogP contribution is -2.47. The van der Waals surface area contributed by atoms with Gasteiger partial charge in [-0.2, -0.15) is 18.4 Å². The van der Waals surface area contributed by atoms with E-state index in [0.29, 0.717) is 24.0 Å². The van der Waals surface area contributed by atoms with Crippen molar-refractivity contribution in [3.8, 4) is 23.1 Å². The third-order valence-corrected chi connectivity index (χ3v) is 6.04. The average Bonchev–Trinajstić information content (AvgIpc) is 3.22. The van der Waals surface area contributed by atoms with Gasteiger partial charge in [-0.05, 0) is 30.7 Å². The van der Waals surface area contributed by atoms with Crippen LogP contribution in [0.15, 0.2) is 24.3 Å². The van der Waals surface area contributed by atoms with Crippen LogP contribution in [0.25, 0.3) is 22.3 Å². The molecule has 0 atom stereocenters. The molecule has 202 valence electrons. The Morgan fingerprint density at radius 3 is 2.38 bits per heavy atom. The largest absolute Gasteiger partial charge is 0.493 e. The number of halogens is 5. The molecule has 14 heteroatoms. The molecule has 0 amide bonds. The van der Waals surface area contributed by atoms with Crippen molar-refractivity contribution in [2.75, 3.05) is 52.5 Å². The highest BCUT2D eigenvalue weighted by Gasteiger charge is 2.35. The number of hydrogen-bond donors (Lipinski definition) is 1. The van der Waals surface area contributed by atoms with Crippen molar-refractivity contribution in [3.63, 3.8) is 0 Å². The zero-order chi connectivity index (χ0) is 25.0. The van der Waals surface area contributed by atoms with E-state index >= 15 is 0 Å². The molecule has 3 aromatic rings. The molecular formula is C23H28Cl2F3N7O2. The summed E-state index contributed by atoms with van der Waals surface area (Å²) in [6.45, 7) is 5.13. The van der Waals surface area contributed by atoms with Gasteiger partial charge in [0.1, 0.15) is 17.3 Å². The molecule has 1 fully saturated rings. The van der Waals surface area contributed by atoms with Crippen molar-refractivity contribution in [1.82, 2.24) is 29.8 Å². The first-order chi connectivity index (χ1) is 16.8. The molecule has 0 radical (unpaired) electrons. The number of rotatable bonds is 8. The summed E-state index contributed by atoms with van der Waals surface area (Å²) < 4.78 is 48.5. The molecule has 0 aliphatic carbocycles. The van der Waals surface area contributed by atoms with Crippen LogP contribution in [0.5, 0.6) is 5.75 Å². The zero-order valence-corrected chi connectivity index (χ0v) is 21.7. The fourth-order valence-electron chi connectivity index (χ4n) is 4.14. The van der Waals surface area contributed by atoms with Gasteiger partial charge in [-0.3, -0.25) is 4.90 Å². The minimum atomic E-state index is -4.62. The fraction of sp³-hybridized carbons (Fsp3) is 0.478. The van der Waals surface area contributed by atoms with Crippen molar-refractivity contribution in [2.45, 2.75) is 12.6 Å². The number of aliphatic hydroxyl groups excluding tert-OH is 1. The summed E-state index contributed by atoms with van der Waals surface area (Å²) in [6.07, 6.45) is -4.03. The maximum atomic E-state index is 13.8. The minimum absolute atomic E-state index is 0. The van der Waals surface area contributed by atoms with Gasteiger partial charge in [-0.1, -0.05) is 5.21 Å². The molecule has 4 rings (SSSR count). The Balaban J connectivity index is 0.00000241. The second kappa shape index (κ2) is 13.2. The summed E-state index contributed by atoms with van der Waals surface area (Å²) >= 11 is 0. The van der Waals surface area contributed by atoms with Crippen LogP contribution in [0.4, 0.5) is 13.2 Å². The molecular weight excluding hydrogens is 534 g/mol. The Hall–Kier alpha value is -2.69. The number of β-amino-alcohol motifs (C(OH)–C–C–N with tert-alkyl or cyclic N) is 1. The Kier molecular flexibility index (Phi) is 10.9. The maximum Gasteiger partial charge on any atom is 0.419 e. The van der Waals surface area contributed by atoms with Gasteiger partial charge in [0.05, 0.1) is 30.0 Å². The highest BCUT2D eigenvalue weighted by molar-refractivity contribution is 5.86. The molecule has 9 nitrogen and oxygen atoms in total. The number of piperazine rings is 1. The molecule has 0 spiro atoms. The smallest absolute Gasteiger partial charge is 0.419 e. The molecule has 1 aromatic carbocycles. The van der Waals surface area contributed by atoms with Crippen molar-refractivity contribution in [3.05, 3.63) is 35.5 Å². The van der Waals surface area contributed by atoms with Crippen LogP contribution in [0.3, 0.4) is 0 Å². The van der Waals surface area contributed by atoms with Crippen LogP contribution in [0.1, 0.15) is 17.7 Å². The molecule has 1 aliphatic heterocycles. The van der Waals surface area contributed by atoms with Crippen molar-refractivity contribution < 1.29 is 23.0 Å². The summed E-state index contributed by atoms with van der Waals surface area (Å²) in [7, 11) is 1.63. The standard InChI is InChI=1S/C23H26F3N7O2.2ClH/c1-31-20-14-18(28-19(15-27)22(20)29-30-31)16-3-4-21(17(13-16)23(24,25)26)35-12-2-5-32-6-8-33(9-7-32)10-11-34;;/h3-4,13-14,34H,2,5-12H2,1H3;2*1H. The number of aryl methyl sites for hydroxylation is 1. The summed E-state index contributed by atoms with van der Waals surface area (Å²) in [5, 5.41) is 26.2. The van der Waals surface area contributed by atoms with E-state index in [1.807, 2.05) is 6.07 Å². The van der Waals surface area contributed by atoms with Crippen LogP contribution < -0.4 is 4.74 Å². The Labute approximate surface area is 224 Å². The number of aliphatic hydroxyl groups is 1. The van der Waals surface area contributed by atoms with Gasteiger partial charge in [0, 0.05) is 51.9 Å². The predicted octanol–water partition coefficient (Wildman–Crippen LogP) is 3.14. The fourth-order valence-corrected chi connectivity index (χ4v) is 4.14. The number of alkyl halides is 3. The number of aromatic nitrogens is 4. The second-order valence-corrected chi connectivity index (χ2v) is 8.37. The first kappa shape index (κ1) is 30.5. The first-order valence-electron chi connectivity index (χ1n) is 11.3. The van der Waals surface area contributed by atoms with Gasteiger partial charge in [0.25, 0.3) is 0 Å². The summed E-state index contributed by atoms with van der Waals surface area (Å²) in [4.78, 5) is 8.62. The van der Waals surface area contributed by atoms with E-state index in [4.69, 9.17) is 9.84 Å². The molecule has 37 heavy (non-hydrogen) atoms. The number of pyridine rings is 1. The summed E-state index contributed by atoms with van der Waals surface area (Å²) in [6, 6.07) is 7.29. The molecule has 1 N–H and O–H groups in total. The van der Waals surface area contributed by atoms with Crippen LogP contribution in [0.2, 0.25) is 0 Å². The topological polar surface area (TPSA) is 103 Å². The van der Waals surface area contributed by atoms with Crippen molar-refractivity contribution in [2.24, 2.45) is 7.05 Å². The van der Waals surface area contributed by atoms with Gasteiger partial charge in [-0.15, -0.1) is 29.9 Å². The van der Waals surface area contributed by atoms with E-state index < -0.39 is 11.7 Å². The number of fused-ring (bicyclic) bond motifs is 1. The lowest BCUT2D eigenvalue weighted by atomic mass is 10.1. The first-order valence-corrected chi connectivity index (χ1v) is 11.3. The number of ether oxygens (including phenoxy) is 1. The highest BCUT2D eigenvalue weighted by atomic mass is 35.5. The normalized spacial score (nSPS) is 14.6. The maximum absolute atomic E-state index is 13.8. The van der Waals surface area contributed by atoms with Gasteiger partial charge in [0.15, 0.2) is 5.69 Å². The molecule has 1 aliphatic rings. The minimum Gasteiger partial charge on any atom is -0.493 e. The van der Waals surface area contributed by atoms with Gasteiger partial charge >= 0.3 is 6.18 Å².